The van der Waals surface area contributed by atoms with Gasteiger partial charge in [-0.25, -0.2) is 4.98 Å². The van der Waals surface area contributed by atoms with Gasteiger partial charge in [-0.15, -0.1) is 0 Å². The molecule has 4 rings (SSSR count). The molecule has 2 heterocycles. The van der Waals surface area contributed by atoms with E-state index in [2.05, 4.69) is 42.4 Å². The van der Waals surface area contributed by atoms with E-state index >= 15 is 0 Å². The van der Waals surface area contributed by atoms with Gasteiger partial charge in [-0.3, -0.25) is 4.79 Å². The second-order valence-electron chi connectivity index (χ2n) is 8.34. The zero-order valence-electron chi connectivity index (χ0n) is 19.3. The Balaban J connectivity index is 1.63. The molecule has 0 fully saturated rings. The van der Waals surface area contributed by atoms with Crippen LogP contribution in [0.3, 0.4) is 0 Å². The Bertz CT molecular complexity index is 1160. The van der Waals surface area contributed by atoms with E-state index in [1.54, 1.807) is 0 Å². The topological polar surface area (TPSA) is 81.6 Å². The molecule has 0 bridgehead atoms. The van der Waals surface area contributed by atoms with Crippen LogP contribution in [0.2, 0.25) is 0 Å². The number of nitrogens with zero attached hydrogens (tertiary/aromatic N) is 2. The summed E-state index contributed by atoms with van der Waals surface area (Å²) in [6.07, 6.45) is 8.85. The summed E-state index contributed by atoms with van der Waals surface area (Å²) in [6.45, 7) is 4.19. The second kappa shape index (κ2) is 10.7. The largest absolute Gasteiger partial charge is 0.361 e. The molecule has 0 radical (unpaired) electrons. The number of hydrogen-bond donors (Lipinski definition) is 2. The number of anilines is 1. The molecule has 1 aliphatic rings. The maximum absolute atomic E-state index is 12.9. The van der Waals surface area contributed by atoms with E-state index < -0.39 is 0 Å². The maximum atomic E-state index is 12.9. The highest BCUT2D eigenvalue weighted by Gasteiger charge is 2.23. The van der Waals surface area contributed by atoms with E-state index in [0.717, 1.165) is 72.3 Å². The summed E-state index contributed by atoms with van der Waals surface area (Å²) >= 11 is 1.36. The zero-order valence-corrected chi connectivity index (χ0v) is 20.1. The summed E-state index contributed by atoms with van der Waals surface area (Å²) in [5, 5.41) is 13.9. The zero-order chi connectivity index (χ0) is 23.2. The first kappa shape index (κ1) is 23.1. The number of pyridine rings is 1. The third-order valence-electron chi connectivity index (χ3n) is 6.27. The predicted octanol–water partition coefficient (Wildman–Crippen LogP) is 6.07. The van der Waals surface area contributed by atoms with Crippen molar-refractivity contribution >= 4 is 23.4 Å². The minimum Gasteiger partial charge on any atom is -0.361 e. The number of amides is 1. The molecule has 33 heavy (non-hydrogen) atoms. The molecule has 1 aliphatic carbocycles. The molecular formula is C27H30N4OS. The highest BCUT2D eigenvalue weighted by atomic mass is 32.2. The van der Waals surface area contributed by atoms with Crippen molar-refractivity contribution in [3.63, 3.8) is 0 Å². The van der Waals surface area contributed by atoms with Crippen LogP contribution in [0.5, 0.6) is 0 Å². The predicted molar refractivity (Wildman–Crippen MR) is 135 cm³/mol. The van der Waals surface area contributed by atoms with Crippen LogP contribution in [0.4, 0.5) is 5.69 Å². The second-order valence-corrected chi connectivity index (χ2v) is 9.31. The summed E-state index contributed by atoms with van der Waals surface area (Å²) < 4.78 is 0. The summed E-state index contributed by atoms with van der Waals surface area (Å²) in [5.41, 5.74) is 7.94. The van der Waals surface area contributed by atoms with Gasteiger partial charge in [-0.1, -0.05) is 50.2 Å². The molecule has 1 aromatic carbocycles. The fourth-order valence-corrected chi connectivity index (χ4v) is 5.41. The van der Waals surface area contributed by atoms with Crippen molar-refractivity contribution in [1.82, 2.24) is 9.97 Å². The summed E-state index contributed by atoms with van der Waals surface area (Å²) in [5.74, 6) is 0.143. The van der Waals surface area contributed by atoms with E-state index in [4.69, 9.17) is 4.98 Å². The Morgan fingerprint density at radius 3 is 2.55 bits per heavy atom. The number of aromatic amines is 1. The van der Waals surface area contributed by atoms with Crippen molar-refractivity contribution in [1.29, 1.82) is 5.26 Å². The van der Waals surface area contributed by atoms with Gasteiger partial charge in [0.2, 0.25) is 5.91 Å². The molecule has 2 N–H and O–H groups in total. The van der Waals surface area contributed by atoms with Gasteiger partial charge in [0, 0.05) is 28.8 Å². The number of para-hydroxylation sites is 1. The van der Waals surface area contributed by atoms with Gasteiger partial charge < -0.3 is 10.3 Å². The lowest BCUT2D eigenvalue weighted by molar-refractivity contribution is -0.113. The quantitative estimate of drug-likeness (QED) is 0.332. The lowest BCUT2D eigenvalue weighted by atomic mass is 9.96. The number of rotatable bonds is 7. The SMILES string of the molecule is CCc1cccc(CC)c1NC(=O)CSc1nc2c(c(-c3ccc[nH]3)c1C#N)CCCCC2. The molecule has 3 aromatic rings. The molecule has 0 saturated carbocycles. The highest BCUT2D eigenvalue weighted by molar-refractivity contribution is 8.00. The van der Waals surface area contributed by atoms with Crippen LogP contribution >= 0.6 is 11.8 Å². The lowest BCUT2D eigenvalue weighted by Crippen LogP contribution is -2.17. The Morgan fingerprint density at radius 2 is 1.88 bits per heavy atom. The smallest absolute Gasteiger partial charge is 0.234 e. The molecule has 5 nitrogen and oxygen atoms in total. The maximum Gasteiger partial charge on any atom is 0.234 e. The summed E-state index contributed by atoms with van der Waals surface area (Å²) in [6, 6.07) is 12.5. The van der Waals surface area contributed by atoms with Crippen molar-refractivity contribution in [3.05, 3.63) is 64.5 Å². The molecule has 0 atom stereocenters. The van der Waals surface area contributed by atoms with Crippen LogP contribution in [0, 0.1) is 11.3 Å². The Kier molecular flexibility index (Phi) is 7.51. The van der Waals surface area contributed by atoms with Gasteiger partial charge in [-0.2, -0.15) is 5.26 Å². The minimum absolute atomic E-state index is 0.0716. The number of carbonyl (C=O) groups is 1. The van der Waals surface area contributed by atoms with Gasteiger partial charge in [0.1, 0.15) is 11.1 Å². The van der Waals surface area contributed by atoms with Gasteiger partial charge in [0.05, 0.1) is 11.3 Å². The fraction of sp³-hybridized carbons (Fsp3) is 0.370. The van der Waals surface area contributed by atoms with Crippen LogP contribution in [-0.4, -0.2) is 21.6 Å². The van der Waals surface area contributed by atoms with Gasteiger partial charge in [0.15, 0.2) is 0 Å². The minimum atomic E-state index is -0.0716. The number of benzene rings is 1. The molecule has 6 heteroatoms. The summed E-state index contributed by atoms with van der Waals surface area (Å²) in [4.78, 5) is 21.1. The number of aromatic nitrogens is 2. The molecule has 170 valence electrons. The molecule has 1 amide bonds. The monoisotopic (exact) mass is 458 g/mol. The molecular weight excluding hydrogens is 428 g/mol. The molecule has 0 unspecified atom stereocenters. The molecule has 0 saturated heterocycles. The summed E-state index contributed by atoms with van der Waals surface area (Å²) in [7, 11) is 0. The number of nitrogens with one attached hydrogen (secondary N) is 2. The van der Waals surface area contributed by atoms with E-state index in [1.807, 2.05) is 24.4 Å². The third kappa shape index (κ3) is 4.99. The van der Waals surface area contributed by atoms with Gasteiger partial charge in [0.25, 0.3) is 0 Å². The first-order valence-electron chi connectivity index (χ1n) is 11.8. The van der Waals surface area contributed by atoms with Gasteiger partial charge in [-0.05, 0) is 67.3 Å². The van der Waals surface area contributed by atoms with Crippen LogP contribution in [-0.2, 0) is 30.5 Å². The Hall–Kier alpha value is -3.04. The average Bonchev–Trinajstić information content (AvgIpc) is 3.27. The number of fused-ring (bicyclic) bond motifs is 1. The standard InChI is InChI=1S/C27H30N4OS/c1-3-18-10-8-11-19(4-2)26(18)31-24(32)17-33-27-21(16-28)25(23-14-9-15-29-23)20-12-6-5-7-13-22(20)30-27/h8-11,14-15,29H,3-7,12-13,17H2,1-2H3,(H,31,32). The highest BCUT2D eigenvalue weighted by Crippen LogP contribution is 2.37. The van der Waals surface area contributed by atoms with E-state index in [-0.39, 0.29) is 11.7 Å². The first-order valence-corrected chi connectivity index (χ1v) is 12.8. The number of carbonyl (C=O) groups excluding carboxylic acids is 1. The molecule has 0 spiro atoms. The Labute approximate surface area is 200 Å². The van der Waals surface area contributed by atoms with Crippen LogP contribution in [0.1, 0.15) is 61.1 Å². The van der Waals surface area contributed by atoms with Crippen molar-refractivity contribution in [2.24, 2.45) is 0 Å². The number of hydrogen-bond acceptors (Lipinski definition) is 4. The number of H-pyrrole nitrogens is 1. The number of nitriles is 1. The molecule has 2 aromatic heterocycles. The third-order valence-corrected chi connectivity index (χ3v) is 7.25. The Morgan fingerprint density at radius 1 is 1.12 bits per heavy atom. The lowest BCUT2D eigenvalue weighted by Gasteiger charge is -2.17. The van der Waals surface area contributed by atoms with E-state index in [9.17, 15) is 10.1 Å². The van der Waals surface area contributed by atoms with Crippen molar-refractivity contribution in [2.75, 3.05) is 11.1 Å². The van der Waals surface area contributed by atoms with Crippen LogP contribution < -0.4 is 5.32 Å². The number of aryl methyl sites for hydroxylation is 3. The number of thioether (sulfide) groups is 1. The van der Waals surface area contributed by atoms with E-state index in [1.165, 1.54) is 23.7 Å². The first-order chi connectivity index (χ1) is 16.2. The fourth-order valence-electron chi connectivity index (χ4n) is 4.60. The van der Waals surface area contributed by atoms with Crippen LogP contribution in [0.15, 0.2) is 41.6 Å². The van der Waals surface area contributed by atoms with Gasteiger partial charge >= 0.3 is 0 Å². The van der Waals surface area contributed by atoms with Crippen molar-refractivity contribution in [2.45, 2.75) is 63.8 Å². The normalized spacial score (nSPS) is 13.1. The van der Waals surface area contributed by atoms with Crippen LogP contribution in [0.25, 0.3) is 11.3 Å². The van der Waals surface area contributed by atoms with Crippen molar-refractivity contribution in [3.8, 4) is 17.3 Å². The molecule has 0 aliphatic heterocycles. The van der Waals surface area contributed by atoms with E-state index in [0.29, 0.717) is 10.6 Å². The van der Waals surface area contributed by atoms with Crippen molar-refractivity contribution < 1.29 is 4.79 Å². The average molecular weight is 459 g/mol.